The fraction of sp³-hybridized carbons (Fsp3) is 0.125. The molecule has 2 aromatic carbocycles. The van der Waals surface area contributed by atoms with Gasteiger partial charge in [0.2, 0.25) is 4.96 Å². The van der Waals surface area contributed by atoms with E-state index in [4.69, 9.17) is 16.3 Å². The number of fused-ring (bicyclic) bond motifs is 3. The number of benzene rings is 2. The maximum atomic E-state index is 6.07. The van der Waals surface area contributed by atoms with Crippen LogP contribution < -0.4 is 4.74 Å². The van der Waals surface area contributed by atoms with Crippen molar-refractivity contribution in [2.75, 3.05) is 12.4 Å². The minimum Gasteiger partial charge on any atom is -0.491 e. The van der Waals surface area contributed by atoms with Gasteiger partial charge in [-0.25, -0.2) is 0 Å². The monoisotopic (exact) mass is 361 g/mol. The Kier molecular flexibility index (Phi) is 4.11. The van der Waals surface area contributed by atoms with Crippen LogP contribution in [0.5, 0.6) is 5.75 Å². The molecule has 23 heavy (non-hydrogen) atoms. The largest absolute Gasteiger partial charge is 0.491 e. The number of rotatable bonds is 5. The predicted molar refractivity (Wildman–Crippen MR) is 96.0 cm³/mol. The third kappa shape index (κ3) is 2.89. The highest BCUT2D eigenvalue weighted by Crippen LogP contribution is 2.29. The topological polar surface area (TPSA) is 39.4 Å². The third-order valence-corrected chi connectivity index (χ3v) is 5.54. The third-order valence-electron chi connectivity index (χ3n) is 3.32. The van der Waals surface area contributed by atoms with Crippen molar-refractivity contribution in [1.82, 2.24) is 14.6 Å². The van der Waals surface area contributed by atoms with Gasteiger partial charge in [-0.15, -0.1) is 10.2 Å². The summed E-state index contributed by atoms with van der Waals surface area (Å²) in [4.78, 5) is 0.917. The Bertz CT molecular complexity index is 966. The second kappa shape index (κ2) is 6.39. The first-order valence-electron chi connectivity index (χ1n) is 7.06. The first kappa shape index (κ1) is 14.8. The molecule has 0 bridgehead atoms. The summed E-state index contributed by atoms with van der Waals surface area (Å²) in [5.41, 5.74) is 1.15. The van der Waals surface area contributed by atoms with Crippen molar-refractivity contribution >= 4 is 49.9 Å². The van der Waals surface area contributed by atoms with Gasteiger partial charge in [0.05, 0.1) is 21.8 Å². The van der Waals surface area contributed by atoms with Crippen LogP contribution in [0.25, 0.3) is 15.2 Å². The highest BCUT2D eigenvalue weighted by atomic mass is 35.5. The van der Waals surface area contributed by atoms with Crippen LogP contribution in [-0.2, 0) is 0 Å². The maximum absolute atomic E-state index is 6.07. The molecule has 0 saturated carbocycles. The summed E-state index contributed by atoms with van der Waals surface area (Å²) in [6.07, 6.45) is 0. The smallest absolute Gasteiger partial charge is 0.217 e. The molecule has 0 unspecified atom stereocenters. The summed E-state index contributed by atoms with van der Waals surface area (Å²) in [5.74, 6) is 1.48. The van der Waals surface area contributed by atoms with Crippen molar-refractivity contribution < 1.29 is 4.74 Å². The minimum atomic E-state index is 0.561. The van der Waals surface area contributed by atoms with E-state index >= 15 is 0 Å². The average Bonchev–Trinajstić information content (AvgIpc) is 3.12. The number of halogens is 1. The van der Waals surface area contributed by atoms with Gasteiger partial charge in [-0.2, -0.15) is 0 Å². The molecule has 2 heterocycles. The first-order chi connectivity index (χ1) is 11.3. The molecular weight excluding hydrogens is 350 g/mol. The van der Waals surface area contributed by atoms with E-state index in [-0.39, 0.29) is 0 Å². The lowest BCUT2D eigenvalue weighted by atomic mass is 10.3. The van der Waals surface area contributed by atoms with Crippen molar-refractivity contribution in [2.45, 2.75) is 5.16 Å². The Hall–Kier alpha value is -1.76. The highest BCUT2D eigenvalue weighted by molar-refractivity contribution is 7.99. The van der Waals surface area contributed by atoms with Gasteiger partial charge in [0.1, 0.15) is 5.75 Å². The first-order valence-corrected chi connectivity index (χ1v) is 9.24. The molecule has 0 amide bonds. The lowest BCUT2D eigenvalue weighted by molar-refractivity contribution is 0.344. The summed E-state index contributed by atoms with van der Waals surface area (Å²) in [7, 11) is 0. The van der Waals surface area contributed by atoms with E-state index < -0.39 is 0 Å². The SMILES string of the molecule is Clc1ccccc1OCCSc1nnc2sc3ccccc3n12. The summed E-state index contributed by atoms with van der Waals surface area (Å²) < 4.78 is 9.02. The van der Waals surface area contributed by atoms with Crippen molar-refractivity contribution in [1.29, 1.82) is 0 Å². The second-order valence-electron chi connectivity index (χ2n) is 4.80. The Morgan fingerprint density at radius 2 is 1.91 bits per heavy atom. The number of thiazole rings is 1. The molecule has 0 fully saturated rings. The number of thioether (sulfide) groups is 1. The van der Waals surface area contributed by atoms with Gasteiger partial charge in [0.15, 0.2) is 5.16 Å². The quantitative estimate of drug-likeness (QED) is 0.379. The van der Waals surface area contributed by atoms with E-state index in [0.29, 0.717) is 17.4 Å². The zero-order valence-electron chi connectivity index (χ0n) is 12.0. The number of hydrogen-bond donors (Lipinski definition) is 0. The standard InChI is InChI=1S/C16H12ClN3OS2/c17-11-5-1-3-7-13(11)21-9-10-22-15-18-19-16-20(15)12-6-2-4-8-14(12)23-16/h1-8H,9-10H2. The molecule has 2 aromatic heterocycles. The van der Waals surface area contributed by atoms with Gasteiger partial charge in [-0.3, -0.25) is 4.40 Å². The second-order valence-corrected chi connectivity index (χ2v) is 7.28. The van der Waals surface area contributed by atoms with E-state index in [1.54, 1.807) is 23.1 Å². The molecule has 7 heteroatoms. The summed E-state index contributed by atoms with van der Waals surface area (Å²) in [6.45, 7) is 0.561. The van der Waals surface area contributed by atoms with Gasteiger partial charge in [0.25, 0.3) is 0 Å². The van der Waals surface area contributed by atoms with Gasteiger partial charge in [-0.1, -0.05) is 59.0 Å². The van der Waals surface area contributed by atoms with E-state index in [9.17, 15) is 0 Å². The van der Waals surface area contributed by atoms with Crippen LogP contribution in [0, 0.1) is 0 Å². The number of hydrogen-bond acceptors (Lipinski definition) is 5. The van der Waals surface area contributed by atoms with Gasteiger partial charge < -0.3 is 4.74 Å². The van der Waals surface area contributed by atoms with Crippen LogP contribution in [0.15, 0.2) is 53.7 Å². The van der Waals surface area contributed by atoms with Crippen LogP contribution in [0.3, 0.4) is 0 Å². The molecule has 0 aliphatic carbocycles. The molecule has 0 spiro atoms. The van der Waals surface area contributed by atoms with E-state index in [2.05, 4.69) is 26.7 Å². The van der Waals surface area contributed by atoms with Crippen molar-refractivity contribution in [3.05, 3.63) is 53.6 Å². The lowest BCUT2D eigenvalue weighted by Crippen LogP contribution is -2.01. The van der Waals surface area contributed by atoms with E-state index in [1.165, 1.54) is 4.70 Å². The molecule has 4 aromatic rings. The molecule has 0 atom stereocenters. The Labute approximate surface area is 146 Å². The van der Waals surface area contributed by atoms with Gasteiger partial charge in [0, 0.05) is 5.75 Å². The van der Waals surface area contributed by atoms with Crippen molar-refractivity contribution in [3.63, 3.8) is 0 Å². The molecule has 0 radical (unpaired) electrons. The Morgan fingerprint density at radius 3 is 2.83 bits per heavy atom. The molecule has 0 saturated heterocycles. The molecule has 0 N–H and O–H groups in total. The van der Waals surface area contributed by atoms with Crippen LogP contribution in [-0.4, -0.2) is 27.0 Å². The minimum absolute atomic E-state index is 0.561. The van der Waals surface area contributed by atoms with E-state index in [1.807, 2.05) is 36.4 Å². The zero-order valence-corrected chi connectivity index (χ0v) is 14.4. The number of aromatic nitrogens is 3. The van der Waals surface area contributed by atoms with Crippen LogP contribution in [0.1, 0.15) is 0 Å². The van der Waals surface area contributed by atoms with Crippen molar-refractivity contribution in [3.8, 4) is 5.75 Å². The number of para-hydroxylation sites is 2. The number of ether oxygens (including phenoxy) is 1. The molecule has 0 aliphatic heterocycles. The van der Waals surface area contributed by atoms with Crippen molar-refractivity contribution in [2.24, 2.45) is 0 Å². The Morgan fingerprint density at radius 1 is 1.09 bits per heavy atom. The van der Waals surface area contributed by atoms with Crippen LogP contribution in [0.2, 0.25) is 5.02 Å². The molecule has 0 aliphatic rings. The number of nitrogens with zero attached hydrogens (tertiary/aromatic N) is 3. The van der Waals surface area contributed by atoms with Crippen LogP contribution in [0.4, 0.5) is 0 Å². The highest BCUT2D eigenvalue weighted by Gasteiger charge is 2.12. The fourth-order valence-electron chi connectivity index (χ4n) is 2.30. The maximum Gasteiger partial charge on any atom is 0.217 e. The van der Waals surface area contributed by atoms with Gasteiger partial charge >= 0.3 is 0 Å². The lowest BCUT2D eigenvalue weighted by Gasteiger charge is -2.06. The normalized spacial score (nSPS) is 11.3. The summed E-state index contributed by atoms with van der Waals surface area (Å²) in [5, 5.41) is 10.0. The Balaban J connectivity index is 1.47. The molecule has 116 valence electrons. The van der Waals surface area contributed by atoms with Crippen LogP contribution >= 0.6 is 34.7 Å². The van der Waals surface area contributed by atoms with E-state index in [0.717, 1.165) is 21.4 Å². The molecule has 4 nitrogen and oxygen atoms in total. The average molecular weight is 362 g/mol. The summed E-state index contributed by atoms with van der Waals surface area (Å²) >= 11 is 9.35. The predicted octanol–water partition coefficient (Wildman–Crippen LogP) is 4.77. The zero-order chi connectivity index (χ0) is 15.6. The summed E-state index contributed by atoms with van der Waals surface area (Å²) in [6, 6.07) is 15.8. The fourth-order valence-corrected chi connectivity index (χ4v) is 4.27. The molecule has 4 rings (SSSR count). The molecular formula is C16H12ClN3OS2. The van der Waals surface area contributed by atoms with Gasteiger partial charge in [-0.05, 0) is 24.3 Å².